The van der Waals surface area contributed by atoms with Gasteiger partial charge in [-0.2, -0.15) is 11.3 Å². The molecule has 0 saturated heterocycles. The highest BCUT2D eigenvalue weighted by molar-refractivity contribution is 7.80. The number of carbonyl (C=O) groups excluding carboxylic acids is 1. The molecule has 1 aromatic rings. The summed E-state index contributed by atoms with van der Waals surface area (Å²) >= 11 is 6.56. The summed E-state index contributed by atoms with van der Waals surface area (Å²) in [5.74, 6) is -0.0290. The zero-order valence-electron chi connectivity index (χ0n) is 9.03. The van der Waals surface area contributed by atoms with Gasteiger partial charge in [0.2, 0.25) is 5.91 Å². The molecule has 0 spiro atoms. The third-order valence-corrected chi connectivity index (χ3v) is 4.14. The predicted molar refractivity (Wildman–Crippen MR) is 69.3 cm³/mol. The van der Waals surface area contributed by atoms with E-state index in [-0.39, 0.29) is 11.9 Å². The second-order valence-electron chi connectivity index (χ2n) is 4.20. The lowest BCUT2D eigenvalue weighted by atomic mass is 10.1. The molecule has 5 heteroatoms. The second kappa shape index (κ2) is 4.14. The lowest BCUT2D eigenvalue weighted by Gasteiger charge is -2.18. The summed E-state index contributed by atoms with van der Waals surface area (Å²) in [6.45, 7) is 1.97. The molecule has 1 aliphatic carbocycles. The molecule has 3 N–H and O–H groups in total. The molecule has 16 heavy (non-hydrogen) atoms. The number of thiocarbonyl (C=S) groups is 1. The number of carbonyl (C=O) groups is 1. The standard InChI is InChI=1S/C11H14N2OS2/c1-7(8-2-5-16-6-8)13-10(14)11(3-4-11)9(12)15/h2,5-7H,3-4H2,1H3,(H2,12,15)(H,13,14). The quantitative estimate of drug-likeness (QED) is 0.808. The second-order valence-corrected chi connectivity index (χ2v) is 5.42. The smallest absolute Gasteiger partial charge is 0.233 e. The lowest BCUT2D eigenvalue weighted by molar-refractivity contribution is -0.124. The van der Waals surface area contributed by atoms with Gasteiger partial charge in [-0.05, 0) is 42.2 Å². The molecule has 0 bridgehead atoms. The van der Waals surface area contributed by atoms with Gasteiger partial charge in [0.05, 0.1) is 16.4 Å². The number of hydrogen-bond acceptors (Lipinski definition) is 3. The Morgan fingerprint density at radius 2 is 2.38 bits per heavy atom. The van der Waals surface area contributed by atoms with E-state index in [1.165, 1.54) is 0 Å². The van der Waals surface area contributed by atoms with Crippen LogP contribution in [-0.2, 0) is 4.79 Å². The SMILES string of the molecule is CC(NC(=O)C1(C(N)=S)CC1)c1ccsc1. The summed E-state index contributed by atoms with van der Waals surface area (Å²) in [4.78, 5) is 12.3. The number of hydrogen-bond donors (Lipinski definition) is 2. The molecule has 1 atom stereocenters. The molecule has 1 heterocycles. The van der Waals surface area contributed by atoms with Crippen molar-refractivity contribution in [2.75, 3.05) is 0 Å². The minimum Gasteiger partial charge on any atom is -0.392 e. The Morgan fingerprint density at radius 1 is 1.69 bits per heavy atom. The largest absolute Gasteiger partial charge is 0.392 e. The molecule has 1 saturated carbocycles. The van der Waals surface area contributed by atoms with Crippen LogP contribution in [0.3, 0.4) is 0 Å². The van der Waals surface area contributed by atoms with E-state index in [1.54, 1.807) is 11.3 Å². The van der Waals surface area contributed by atoms with Crippen LogP contribution in [0.2, 0.25) is 0 Å². The Kier molecular flexibility index (Phi) is 2.99. The first-order chi connectivity index (χ1) is 7.56. The molecule has 2 rings (SSSR count). The molecule has 0 aromatic carbocycles. The molecule has 0 radical (unpaired) electrons. The van der Waals surface area contributed by atoms with Crippen LogP contribution in [0.4, 0.5) is 0 Å². The van der Waals surface area contributed by atoms with Crippen molar-refractivity contribution in [1.29, 1.82) is 0 Å². The molecular weight excluding hydrogens is 240 g/mol. The molecular formula is C11H14N2OS2. The molecule has 1 aromatic heterocycles. The fraction of sp³-hybridized carbons (Fsp3) is 0.455. The van der Waals surface area contributed by atoms with E-state index in [0.29, 0.717) is 4.99 Å². The van der Waals surface area contributed by atoms with Crippen molar-refractivity contribution in [3.63, 3.8) is 0 Å². The van der Waals surface area contributed by atoms with Crippen LogP contribution in [0.25, 0.3) is 0 Å². The highest BCUT2D eigenvalue weighted by atomic mass is 32.1. The van der Waals surface area contributed by atoms with Crippen molar-refractivity contribution in [3.8, 4) is 0 Å². The zero-order valence-corrected chi connectivity index (χ0v) is 10.7. The van der Waals surface area contributed by atoms with Crippen molar-refractivity contribution in [3.05, 3.63) is 22.4 Å². The van der Waals surface area contributed by atoms with E-state index < -0.39 is 5.41 Å². The maximum absolute atomic E-state index is 12.0. The van der Waals surface area contributed by atoms with Crippen molar-refractivity contribution in [2.45, 2.75) is 25.8 Å². The van der Waals surface area contributed by atoms with E-state index in [0.717, 1.165) is 18.4 Å². The van der Waals surface area contributed by atoms with Gasteiger partial charge in [0.1, 0.15) is 0 Å². The number of nitrogens with one attached hydrogen (secondary N) is 1. The minimum absolute atomic E-state index is 0.0191. The maximum atomic E-state index is 12.0. The Hall–Kier alpha value is -0.940. The lowest BCUT2D eigenvalue weighted by Crippen LogP contribution is -2.40. The average Bonchev–Trinajstić information content (AvgIpc) is 2.87. The minimum atomic E-state index is -0.556. The summed E-state index contributed by atoms with van der Waals surface area (Å²) in [6.07, 6.45) is 1.56. The average molecular weight is 254 g/mol. The normalized spacial score (nSPS) is 18.8. The van der Waals surface area contributed by atoms with Crippen LogP contribution < -0.4 is 11.1 Å². The van der Waals surface area contributed by atoms with Crippen LogP contribution in [0.1, 0.15) is 31.4 Å². The monoisotopic (exact) mass is 254 g/mol. The Bertz CT molecular complexity index is 410. The van der Waals surface area contributed by atoms with Gasteiger partial charge < -0.3 is 11.1 Å². The Labute approximate surface area is 104 Å². The summed E-state index contributed by atoms with van der Waals surface area (Å²) in [5.41, 5.74) is 6.17. The highest BCUT2D eigenvalue weighted by Gasteiger charge is 2.52. The van der Waals surface area contributed by atoms with E-state index in [4.69, 9.17) is 18.0 Å². The van der Waals surface area contributed by atoms with Crippen LogP contribution in [0.5, 0.6) is 0 Å². The van der Waals surface area contributed by atoms with Crippen molar-refractivity contribution in [2.24, 2.45) is 11.1 Å². The number of thiophene rings is 1. The van der Waals surface area contributed by atoms with E-state index in [9.17, 15) is 4.79 Å². The molecule has 0 aliphatic heterocycles. The molecule has 86 valence electrons. The fourth-order valence-electron chi connectivity index (χ4n) is 1.65. The van der Waals surface area contributed by atoms with E-state index >= 15 is 0 Å². The maximum Gasteiger partial charge on any atom is 0.233 e. The summed E-state index contributed by atoms with van der Waals surface area (Å²) in [7, 11) is 0. The van der Waals surface area contributed by atoms with Crippen molar-refractivity contribution >= 4 is 34.5 Å². The number of rotatable bonds is 4. The topological polar surface area (TPSA) is 55.1 Å². The number of nitrogens with two attached hydrogens (primary N) is 1. The van der Waals surface area contributed by atoms with Gasteiger partial charge in [-0.25, -0.2) is 0 Å². The van der Waals surface area contributed by atoms with Gasteiger partial charge >= 0.3 is 0 Å². The van der Waals surface area contributed by atoms with Crippen molar-refractivity contribution in [1.82, 2.24) is 5.32 Å². The molecule has 1 aliphatic rings. The Balaban J connectivity index is 2.01. The van der Waals surface area contributed by atoms with Crippen LogP contribution in [-0.4, -0.2) is 10.9 Å². The van der Waals surface area contributed by atoms with Gasteiger partial charge in [0.15, 0.2) is 0 Å². The van der Waals surface area contributed by atoms with Crippen LogP contribution in [0, 0.1) is 5.41 Å². The molecule has 1 fully saturated rings. The first-order valence-corrected chi connectivity index (χ1v) is 6.54. The van der Waals surface area contributed by atoms with Gasteiger partial charge in [-0.15, -0.1) is 0 Å². The molecule has 1 amide bonds. The third-order valence-electron chi connectivity index (χ3n) is 3.05. The third kappa shape index (κ3) is 1.97. The fourth-order valence-corrected chi connectivity index (χ4v) is 2.70. The van der Waals surface area contributed by atoms with Crippen molar-refractivity contribution < 1.29 is 4.79 Å². The van der Waals surface area contributed by atoms with E-state index in [1.807, 2.05) is 23.8 Å². The summed E-state index contributed by atoms with van der Waals surface area (Å²) in [5, 5.41) is 7.00. The van der Waals surface area contributed by atoms with E-state index in [2.05, 4.69) is 5.32 Å². The van der Waals surface area contributed by atoms with Gasteiger partial charge in [0.25, 0.3) is 0 Å². The summed E-state index contributed by atoms with van der Waals surface area (Å²) in [6, 6.07) is 2.03. The Morgan fingerprint density at radius 3 is 2.81 bits per heavy atom. The first kappa shape index (κ1) is 11.5. The van der Waals surface area contributed by atoms with Crippen LogP contribution >= 0.6 is 23.6 Å². The molecule has 1 unspecified atom stereocenters. The zero-order chi connectivity index (χ0) is 11.8. The first-order valence-electron chi connectivity index (χ1n) is 5.19. The molecule has 3 nitrogen and oxygen atoms in total. The van der Waals surface area contributed by atoms with Gasteiger partial charge in [-0.3, -0.25) is 4.79 Å². The van der Waals surface area contributed by atoms with Gasteiger partial charge in [0, 0.05) is 0 Å². The van der Waals surface area contributed by atoms with Crippen LogP contribution in [0.15, 0.2) is 16.8 Å². The van der Waals surface area contributed by atoms with Gasteiger partial charge in [-0.1, -0.05) is 12.2 Å². The highest BCUT2D eigenvalue weighted by Crippen LogP contribution is 2.46. The predicted octanol–water partition coefficient (Wildman–Crippen LogP) is 1.99. The summed E-state index contributed by atoms with van der Waals surface area (Å²) < 4.78 is 0. The number of amides is 1.